The van der Waals surface area contributed by atoms with Crippen molar-refractivity contribution in [1.82, 2.24) is 47.9 Å². The quantitative estimate of drug-likeness (QED) is 0.0157. The lowest BCUT2D eigenvalue weighted by atomic mass is 10.0. The molecule has 32 heteroatoms. The molecule has 0 rings (SSSR count). The van der Waals surface area contributed by atoms with Crippen LogP contribution in [-0.2, 0) is 52.7 Å². The van der Waals surface area contributed by atoms with Crippen LogP contribution in [0.1, 0.15) is 86.5 Å². The predicted octanol–water partition coefficient (Wildman–Crippen LogP) is -9.15. The Morgan fingerprint density at radius 2 is 0.813 bits per heavy atom. The third-order valence-corrected chi connectivity index (χ3v) is 10.7. The van der Waals surface area contributed by atoms with E-state index in [0.717, 1.165) is 0 Å². The number of primary amides is 1. The van der Waals surface area contributed by atoms with E-state index < -0.39 is 164 Å². The lowest BCUT2D eigenvalue weighted by Crippen LogP contribution is -2.62. The number of aliphatic imine (C=N–C) groups is 2. The number of rotatable bonds is 36. The van der Waals surface area contributed by atoms with Crippen LogP contribution in [0.2, 0.25) is 0 Å². The summed E-state index contributed by atoms with van der Waals surface area (Å²) in [5, 5.41) is 60.5. The number of aliphatic carboxylic acids is 1. The summed E-state index contributed by atoms with van der Waals surface area (Å²) in [5.41, 5.74) is 32.5. The van der Waals surface area contributed by atoms with Gasteiger partial charge in [0, 0.05) is 19.5 Å². The van der Waals surface area contributed by atoms with Crippen LogP contribution < -0.4 is 82.3 Å². The second kappa shape index (κ2) is 34.9. The van der Waals surface area contributed by atoms with Gasteiger partial charge in [-0.25, -0.2) is 0 Å². The second-order valence-corrected chi connectivity index (χ2v) is 18.1. The highest BCUT2D eigenvalue weighted by atomic mass is 16.4. The number of nitrogens with zero attached hydrogens (tertiary/aromatic N) is 2. The molecule has 0 aliphatic carbocycles. The molecule has 0 saturated carbocycles. The Balaban J connectivity index is 6.19. The number of guanidine groups is 2. The van der Waals surface area contributed by atoms with E-state index in [9.17, 15) is 73.2 Å². The van der Waals surface area contributed by atoms with E-state index in [1.165, 1.54) is 27.7 Å². The van der Waals surface area contributed by atoms with E-state index in [0.29, 0.717) is 6.42 Å². The smallest absolute Gasteiger partial charge is 0.325 e. The first-order valence-electron chi connectivity index (χ1n) is 23.9. The summed E-state index contributed by atoms with van der Waals surface area (Å²) in [6.45, 7) is 5.91. The van der Waals surface area contributed by atoms with Crippen molar-refractivity contribution >= 4 is 77.0 Å². The topological polar surface area (TPSA) is 558 Å². The minimum Gasteiger partial charge on any atom is -0.480 e. The summed E-state index contributed by atoms with van der Waals surface area (Å²) in [5.74, 6) is -12.7. The van der Waals surface area contributed by atoms with Crippen molar-refractivity contribution in [2.24, 2.45) is 56.2 Å². The standard InChI is InChI=1S/C43H79N17O15/c1-19(2)15-26(36(69)53-22(6)41(74)75)56-34(67)24(10-8-14-51-43(48)49)54-38(71)28(17-62)59-40(73)31(20(3)4)60-39(72)29(18-63)58-35(68)25(11-12-30(45)64)55-37(70)27(16-61)57-32(65)21(5)52-33(66)23(44)9-7-13-50-42(46)47/h19-29,31,61-63H,7-18,44H2,1-6H3,(H2,45,64)(H,52,66)(H,53,69)(H,54,71)(H,55,70)(H,56,67)(H,57,65)(H,58,68)(H,59,73)(H,60,72)(H,74,75)(H4,46,47,50)(H4,48,49,51)/t21-,22-,23-,24-,25-,26-,27-,28-,29-,31-/m0/s1. The molecule has 0 fully saturated rings. The average molecular weight is 1070 g/mol. The number of nitrogens with one attached hydrogen (secondary N) is 9. The minimum atomic E-state index is -1.85. The lowest BCUT2D eigenvalue weighted by molar-refractivity contribution is -0.142. The molecule has 0 heterocycles. The average Bonchev–Trinajstić information content (AvgIpc) is 3.32. The number of hydrogen-bond donors (Lipinski definition) is 19. The van der Waals surface area contributed by atoms with E-state index in [4.69, 9.17) is 34.4 Å². The zero-order chi connectivity index (χ0) is 57.7. The molecule has 0 aromatic heterocycles. The van der Waals surface area contributed by atoms with Crippen molar-refractivity contribution in [2.75, 3.05) is 32.9 Å². The predicted molar refractivity (Wildman–Crippen MR) is 268 cm³/mol. The monoisotopic (exact) mass is 1070 g/mol. The summed E-state index contributed by atoms with van der Waals surface area (Å²) in [6.07, 6.45) is -0.515. The number of carbonyl (C=O) groups is 11. The Morgan fingerprint density at radius 1 is 0.440 bits per heavy atom. The van der Waals surface area contributed by atoms with Gasteiger partial charge >= 0.3 is 5.97 Å². The van der Waals surface area contributed by atoms with Crippen molar-refractivity contribution in [3.05, 3.63) is 0 Å². The van der Waals surface area contributed by atoms with Gasteiger partial charge in [0.25, 0.3) is 0 Å². The van der Waals surface area contributed by atoms with Crippen LogP contribution in [0.5, 0.6) is 0 Å². The Labute approximate surface area is 433 Å². The Bertz CT molecular complexity index is 2020. The Kier molecular flexibility index (Phi) is 31.4. The first-order chi connectivity index (χ1) is 35.0. The highest BCUT2D eigenvalue weighted by Crippen LogP contribution is 2.10. The van der Waals surface area contributed by atoms with Crippen molar-refractivity contribution in [2.45, 2.75) is 147 Å². The van der Waals surface area contributed by atoms with Crippen LogP contribution in [0.15, 0.2) is 9.98 Å². The molecule has 0 aliphatic rings. The molecular weight excluding hydrogens is 995 g/mol. The van der Waals surface area contributed by atoms with Gasteiger partial charge in [-0.2, -0.15) is 0 Å². The third-order valence-electron chi connectivity index (χ3n) is 10.7. The van der Waals surface area contributed by atoms with Crippen LogP contribution in [-0.4, -0.2) is 191 Å². The van der Waals surface area contributed by atoms with Crippen LogP contribution in [0, 0.1) is 11.8 Å². The maximum atomic E-state index is 13.7. The molecule has 10 amide bonds. The first-order valence-corrected chi connectivity index (χ1v) is 23.9. The molecule has 426 valence electrons. The molecule has 0 aliphatic heterocycles. The van der Waals surface area contributed by atoms with E-state index in [-0.39, 0.29) is 56.6 Å². The molecule has 0 spiro atoms. The maximum Gasteiger partial charge on any atom is 0.325 e. The van der Waals surface area contributed by atoms with Crippen LogP contribution in [0.3, 0.4) is 0 Å². The molecule has 0 aromatic carbocycles. The van der Waals surface area contributed by atoms with Crippen molar-refractivity contribution < 1.29 is 73.2 Å². The number of aliphatic hydroxyl groups excluding tert-OH is 3. The number of aliphatic hydroxyl groups is 3. The zero-order valence-electron chi connectivity index (χ0n) is 43.1. The molecule has 75 heavy (non-hydrogen) atoms. The van der Waals surface area contributed by atoms with Crippen molar-refractivity contribution in [3.63, 3.8) is 0 Å². The second-order valence-electron chi connectivity index (χ2n) is 18.1. The molecule has 25 N–H and O–H groups in total. The van der Waals surface area contributed by atoms with Gasteiger partial charge in [-0.15, -0.1) is 0 Å². The minimum absolute atomic E-state index is 0.00261. The Hall–Kier alpha value is -7.45. The zero-order valence-corrected chi connectivity index (χ0v) is 43.1. The molecule has 0 bridgehead atoms. The number of carboxylic acid groups (broad SMARTS) is 1. The Morgan fingerprint density at radius 3 is 1.24 bits per heavy atom. The molecule has 0 saturated heterocycles. The van der Waals surface area contributed by atoms with Gasteiger partial charge in [0.1, 0.15) is 54.4 Å². The highest BCUT2D eigenvalue weighted by Gasteiger charge is 2.36. The number of carbonyl (C=O) groups excluding carboxylic acids is 10. The molecule has 10 atom stereocenters. The highest BCUT2D eigenvalue weighted by molar-refractivity contribution is 5.98. The number of amides is 10. The van der Waals surface area contributed by atoms with Gasteiger partial charge in [0.05, 0.1) is 25.9 Å². The van der Waals surface area contributed by atoms with Gasteiger partial charge in [0.15, 0.2) is 11.9 Å². The molecule has 0 radical (unpaired) electrons. The summed E-state index contributed by atoms with van der Waals surface area (Å²) >= 11 is 0. The molecule has 32 nitrogen and oxygen atoms in total. The largest absolute Gasteiger partial charge is 0.480 e. The summed E-state index contributed by atoms with van der Waals surface area (Å²) < 4.78 is 0. The van der Waals surface area contributed by atoms with Crippen LogP contribution in [0.25, 0.3) is 0 Å². The number of hydrogen-bond acceptors (Lipinski definition) is 17. The van der Waals surface area contributed by atoms with Crippen molar-refractivity contribution in [3.8, 4) is 0 Å². The lowest BCUT2D eigenvalue weighted by Gasteiger charge is -2.28. The van der Waals surface area contributed by atoms with Gasteiger partial charge < -0.3 is 103 Å². The van der Waals surface area contributed by atoms with E-state index in [1.807, 2.05) is 0 Å². The molecule has 0 aromatic rings. The molecular formula is C43H79N17O15. The van der Waals surface area contributed by atoms with Gasteiger partial charge in [-0.05, 0) is 64.2 Å². The van der Waals surface area contributed by atoms with Crippen molar-refractivity contribution in [1.29, 1.82) is 0 Å². The normalized spacial score (nSPS) is 15.0. The third kappa shape index (κ3) is 26.9. The summed E-state index contributed by atoms with van der Waals surface area (Å²) in [6, 6.07) is -15.0. The van der Waals surface area contributed by atoms with Gasteiger partial charge in [-0.3, -0.25) is 62.7 Å². The fraction of sp³-hybridized carbons (Fsp3) is 0.698. The number of nitrogens with two attached hydrogens (primary N) is 6. The van der Waals surface area contributed by atoms with E-state index in [1.54, 1.807) is 13.8 Å². The fourth-order valence-electron chi connectivity index (χ4n) is 6.46. The summed E-state index contributed by atoms with van der Waals surface area (Å²) in [4.78, 5) is 151. The number of carboxylic acids is 1. The SMILES string of the molecule is CC(C)C[C@H](NC(=O)[C@H](CCCN=C(N)N)NC(=O)[C@H](CO)NC(=O)[C@@H](NC(=O)[C@H](CO)NC(=O)[C@H](CCC(N)=O)NC(=O)[C@H](CO)NC(=O)[C@H](C)NC(=O)[C@@H](N)CCCN=C(N)N)C(C)C)C(=O)N[C@@H](C)C(=O)O. The first kappa shape index (κ1) is 67.5. The van der Waals surface area contributed by atoms with Gasteiger partial charge in [-0.1, -0.05) is 27.7 Å². The van der Waals surface area contributed by atoms with Crippen LogP contribution >= 0.6 is 0 Å². The van der Waals surface area contributed by atoms with Gasteiger partial charge in [0.2, 0.25) is 59.1 Å². The fourth-order valence-corrected chi connectivity index (χ4v) is 6.46. The van der Waals surface area contributed by atoms with Crippen LogP contribution in [0.4, 0.5) is 0 Å². The molecule has 0 unspecified atom stereocenters. The maximum absolute atomic E-state index is 13.7. The van der Waals surface area contributed by atoms with E-state index >= 15 is 0 Å². The van der Waals surface area contributed by atoms with E-state index in [2.05, 4.69) is 57.8 Å². The summed E-state index contributed by atoms with van der Waals surface area (Å²) in [7, 11) is 0.